The van der Waals surface area contributed by atoms with Crippen LogP contribution in [0.1, 0.15) is 25.3 Å². The number of rotatable bonds is 7. The van der Waals surface area contributed by atoms with Gasteiger partial charge < -0.3 is 10.0 Å². The third-order valence-electron chi connectivity index (χ3n) is 2.71. The van der Waals surface area contributed by atoms with Crippen LogP contribution < -0.4 is 0 Å². The van der Waals surface area contributed by atoms with Crippen molar-refractivity contribution >= 4 is 11.9 Å². The lowest BCUT2D eigenvalue weighted by Gasteiger charge is -2.19. The summed E-state index contributed by atoms with van der Waals surface area (Å²) in [5.74, 6) is -0.883. The molecule has 98 valence electrons. The van der Waals surface area contributed by atoms with Crippen LogP contribution in [0.2, 0.25) is 0 Å². The molecule has 0 fully saturated rings. The predicted molar refractivity (Wildman–Crippen MR) is 67.1 cm³/mol. The second-order valence-corrected chi connectivity index (χ2v) is 3.97. The van der Waals surface area contributed by atoms with Gasteiger partial charge in [0.2, 0.25) is 5.91 Å². The molecule has 5 nitrogen and oxygen atoms in total. The quantitative estimate of drug-likeness (QED) is 0.792. The molecule has 0 spiro atoms. The van der Waals surface area contributed by atoms with E-state index in [1.165, 1.54) is 0 Å². The zero-order valence-electron chi connectivity index (χ0n) is 10.5. The van der Waals surface area contributed by atoms with Gasteiger partial charge in [-0.05, 0) is 31.0 Å². The Morgan fingerprint density at radius 3 is 2.50 bits per heavy atom. The molecule has 0 bridgehead atoms. The first-order valence-corrected chi connectivity index (χ1v) is 6.02. The highest BCUT2D eigenvalue weighted by Crippen LogP contribution is 2.04. The first kappa shape index (κ1) is 14.2. The Kier molecular flexibility index (Phi) is 5.84. The normalized spacial score (nSPS) is 10.1. The minimum absolute atomic E-state index is 0.00411. The molecule has 0 saturated heterocycles. The summed E-state index contributed by atoms with van der Waals surface area (Å²) in [6.45, 7) is 2.68. The molecule has 18 heavy (non-hydrogen) atoms. The summed E-state index contributed by atoms with van der Waals surface area (Å²) >= 11 is 0. The number of carboxylic acid groups (broad SMARTS) is 1. The molecule has 1 amide bonds. The second kappa shape index (κ2) is 7.42. The number of pyridine rings is 1. The van der Waals surface area contributed by atoms with Gasteiger partial charge in [-0.2, -0.15) is 0 Å². The summed E-state index contributed by atoms with van der Waals surface area (Å²) in [7, 11) is 0. The van der Waals surface area contributed by atoms with E-state index >= 15 is 0 Å². The molecule has 0 unspecified atom stereocenters. The van der Waals surface area contributed by atoms with Gasteiger partial charge in [0.05, 0.1) is 6.42 Å². The van der Waals surface area contributed by atoms with E-state index in [9.17, 15) is 9.59 Å². The van der Waals surface area contributed by atoms with Crippen LogP contribution in [0.5, 0.6) is 0 Å². The van der Waals surface area contributed by atoms with Crippen molar-refractivity contribution in [3.63, 3.8) is 0 Å². The fourth-order valence-electron chi connectivity index (χ4n) is 1.65. The zero-order chi connectivity index (χ0) is 13.4. The standard InChI is InChI=1S/C13H18N2O3/c1-2-15(10-7-13(17)18)12(16)4-3-11-5-8-14-9-6-11/h5-6,8-9H,2-4,7,10H2,1H3,(H,17,18). The van der Waals surface area contributed by atoms with Crippen LogP contribution in [-0.2, 0) is 16.0 Å². The Morgan fingerprint density at radius 1 is 1.28 bits per heavy atom. The van der Waals surface area contributed by atoms with Crippen molar-refractivity contribution in [2.75, 3.05) is 13.1 Å². The molecule has 0 atom stereocenters. The number of carbonyl (C=O) groups excluding carboxylic acids is 1. The molecule has 0 aromatic carbocycles. The predicted octanol–water partition coefficient (Wildman–Crippen LogP) is 1.34. The summed E-state index contributed by atoms with van der Waals surface area (Å²) in [6.07, 6.45) is 4.45. The number of hydrogen-bond donors (Lipinski definition) is 1. The van der Waals surface area contributed by atoms with Crippen LogP contribution in [0, 0.1) is 0 Å². The molecule has 1 heterocycles. The largest absolute Gasteiger partial charge is 0.481 e. The SMILES string of the molecule is CCN(CCC(=O)O)C(=O)CCc1ccncc1. The first-order chi connectivity index (χ1) is 8.63. The topological polar surface area (TPSA) is 70.5 Å². The van der Waals surface area contributed by atoms with Crippen molar-refractivity contribution < 1.29 is 14.7 Å². The Bertz CT molecular complexity index is 392. The lowest BCUT2D eigenvalue weighted by Crippen LogP contribution is -2.32. The minimum atomic E-state index is -0.879. The number of aromatic nitrogens is 1. The van der Waals surface area contributed by atoms with Gasteiger partial charge in [-0.15, -0.1) is 0 Å². The molecular weight excluding hydrogens is 232 g/mol. The number of hydrogen-bond acceptors (Lipinski definition) is 3. The van der Waals surface area contributed by atoms with E-state index in [0.29, 0.717) is 19.4 Å². The van der Waals surface area contributed by atoms with Crippen LogP contribution >= 0.6 is 0 Å². The molecule has 1 rings (SSSR count). The smallest absolute Gasteiger partial charge is 0.305 e. The number of nitrogens with zero attached hydrogens (tertiary/aromatic N) is 2. The van der Waals surface area contributed by atoms with Gasteiger partial charge in [-0.3, -0.25) is 14.6 Å². The van der Waals surface area contributed by atoms with Crippen LogP contribution in [0.15, 0.2) is 24.5 Å². The van der Waals surface area contributed by atoms with Crippen molar-refractivity contribution in [1.82, 2.24) is 9.88 Å². The summed E-state index contributed by atoms with van der Waals surface area (Å²) in [5.41, 5.74) is 1.06. The van der Waals surface area contributed by atoms with Crippen LogP contribution in [0.25, 0.3) is 0 Å². The second-order valence-electron chi connectivity index (χ2n) is 3.97. The van der Waals surface area contributed by atoms with E-state index in [2.05, 4.69) is 4.98 Å². The average molecular weight is 250 g/mol. The van der Waals surface area contributed by atoms with Crippen molar-refractivity contribution in [1.29, 1.82) is 0 Å². The first-order valence-electron chi connectivity index (χ1n) is 6.02. The van der Waals surface area contributed by atoms with Crippen molar-refractivity contribution in [3.8, 4) is 0 Å². The number of carbonyl (C=O) groups is 2. The van der Waals surface area contributed by atoms with Gasteiger partial charge in [0, 0.05) is 31.9 Å². The van der Waals surface area contributed by atoms with E-state index in [-0.39, 0.29) is 18.9 Å². The van der Waals surface area contributed by atoms with E-state index < -0.39 is 5.97 Å². The van der Waals surface area contributed by atoms with Gasteiger partial charge in [-0.1, -0.05) is 0 Å². The number of amides is 1. The minimum Gasteiger partial charge on any atom is -0.481 e. The van der Waals surface area contributed by atoms with Gasteiger partial charge in [0.15, 0.2) is 0 Å². The Balaban J connectivity index is 2.40. The molecule has 1 aromatic rings. The Hall–Kier alpha value is -1.91. The molecule has 0 aliphatic rings. The van der Waals surface area contributed by atoms with Gasteiger partial charge in [0.25, 0.3) is 0 Å². The number of aliphatic carboxylic acids is 1. The maximum absolute atomic E-state index is 11.9. The van der Waals surface area contributed by atoms with E-state index in [4.69, 9.17) is 5.11 Å². The summed E-state index contributed by atoms with van der Waals surface area (Å²) < 4.78 is 0. The highest BCUT2D eigenvalue weighted by Gasteiger charge is 2.12. The third kappa shape index (κ3) is 4.95. The van der Waals surface area contributed by atoms with Crippen LogP contribution in [0.3, 0.4) is 0 Å². The Morgan fingerprint density at radius 2 is 1.94 bits per heavy atom. The maximum atomic E-state index is 11.9. The monoisotopic (exact) mass is 250 g/mol. The lowest BCUT2D eigenvalue weighted by atomic mass is 10.1. The molecule has 0 saturated carbocycles. The van der Waals surface area contributed by atoms with Crippen molar-refractivity contribution in [3.05, 3.63) is 30.1 Å². The van der Waals surface area contributed by atoms with E-state index in [1.54, 1.807) is 17.3 Å². The van der Waals surface area contributed by atoms with Crippen molar-refractivity contribution in [2.45, 2.75) is 26.2 Å². The molecule has 0 aliphatic heterocycles. The lowest BCUT2D eigenvalue weighted by molar-refractivity contribution is -0.138. The molecule has 1 N–H and O–H groups in total. The summed E-state index contributed by atoms with van der Waals surface area (Å²) in [5, 5.41) is 8.60. The molecule has 5 heteroatoms. The highest BCUT2D eigenvalue weighted by molar-refractivity contribution is 5.77. The summed E-state index contributed by atoms with van der Waals surface area (Å²) in [4.78, 5) is 27.8. The fraction of sp³-hybridized carbons (Fsp3) is 0.462. The fourth-order valence-corrected chi connectivity index (χ4v) is 1.65. The third-order valence-corrected chi connectivity index (χ3v) is 2.71. The molecule has 0 radical (unpaired) electrons. The average Bonchev–Trinajstić information content (AvgIpc) is 2.38. The molecule has 1 aromatic heterocycles. The van der Waals surface area contributed by atoms with Crippen LogP contribution in [0.4, 0.5) is 0 Å². The van der Waals surface area contributed by atoms with Crippen LogP contribution in [-0.4, -0.2) is 40.0 Å². The summed E-state index contributed by atoms with van der Waals surface area (Å²) in [6, 6.07) is 3.75. The molecule has 0 aliphatic carbocycles. The Labute approximate surface area is 106 Å². The van der Waals surface area contributed by atoms with Gasteiger partial charge >= 0.3 is 5.97 Å². The van der Waals surface area contributed by atoms with Gasteiger partial charge in [-0.25, -0.2) is 0 Å². The zero-order valence-corrected chi connectivity index (χ0v) is 10.5. The van der Waals surface area contributed by atoms with E-state index in [0.717, 1.165) is 5.56 Å². The number of carboxylic acids is 1. The van der Waals surface area contributed by atoms with Gasteiger partial charge in [0.1, 0.15) is 0 Å². The highest BCUT2D eigenvalue weighted by atomic mass is 16.4. The maximum Gasteiger partial charge on any atom is 0.305 e. The van der Waals surface area contributed by atoms with Crippen molar-refractivity contribution in [2.24, 2.45) is 0 Å². The van der Waals surface area contributed by atoms with E-state index in [1.807, 2.05) is 19.1 Å². The molecular formula is C13H18N2O3. The number of aryl methyl sites for hydroxylation is 1.